The molecule has 0 aliphatic rings. The van der Waals surface area contributed by atoms with E-state index >= 15 is 0 Å². The molecule has 2 aromatic rings. The summed E-state index contributed by atoms with van der Waals surface area (Å²) in [7, 11) is 6.44. The summed E-state index contributed by atoms with van der Waals surface area (Å²) in [5, 5.41) is 2.28. The van der Waals surface area contributed by atoms with E-state index in [9.17, 15) is 4.79 Å². The van der Waals surface area contributed by atoms with Crippen molar-refractivity contribution in [2.45, 2.75) is 19.9 Å². The van der Waals surface area contributed by atoms with Crippen LogP contribution in [0.2, 0.25) is 5.02 Å². The minimum Gasteiger partial charge on any atom is -0.327 e. The Bertz CT molecular complexity index is 668. The lowest BCUT2D eigenvalue weighted by Crippen LogP contribution is -2.34. The van der Waals surface area contributed by atoms with E-state index in [1.54, 1.807) is 6.07 Å². The first-order valence-corrected chi connectivity index (χ1v) is 6.83. The Labute approximate surface area is 118 Å². The highest BCUT2D eigenvalue weighted by Gasteiger charge is 2.17. The van der Waals surface area contributed by atoms with Gasteiger partial charge in [-0.15, -0.1) is 0 Å². The molecule has 0 fully saturated rings. The number of aromatic nitrogens is 1. The van der Waals surface area contributed by atoms with Gasteiger partial charge >= 0.3 is 0 Å². The third-order valence-corrected chi connectivity index (χ3v) is 3.40. The number of halogens is 1. The highest BCUT2D eigenvalue weighted by molar-refractivity contribution is 6.31. The maximum absolute atomic E-state index is 12.1. The molecule has 4 heteroatoms. The van der Waals surface area contributed by atoms with Crippen molar-refractivity contribution in [1.29, 1.82) is 0 Å². The van der Waals surface area contributed by atoms with Gasteiger partial charge < -0.3 is 9.47 Å². The van der Waals surface area contributed by atoms with Gasteiger partial charge in [-0.05, 0) is 23.9 Å². The van der Waals surface area contributed by atoms with Crippen molar-refractivity contribution in [1.82, 2.24) is 4.98 Å². The number of nitrogens with zero attached hydrogens (tertiary/aromatic N) is 1. The molecule has 0 aliphatic carbocycles. The molecule has 0 unspecified atom stereocenters. The summed E-state index contributed by atoms with van der Waals surface area (Å²) in [5.41, 5.74) is 2.17. The molecule has 0 saturated heterocycles. The molecular weight excluding hydrogens is 260 g/mol. The van der Waals surface area contributed by atoms with E-state index in [2.05, 4.69) is 33.1 Å². The van der Waals surface area contributed by atoms with Gasteiger partial charge in [-0.2, -0.15) is 0 Å². The molecule has 0 aliphatic heterocycles. The molecule has 0 bridgehead atoms. The van der Waals surface area contributed by atoms with Gasteiger partial charge in [0.1, 0.15) is 6.54 Å². The fourth-order valence-electron chi connectivity index (χ4n) is 2.37. The van der Waals surface area contributed by atoms with Crippen molar-refractivity contribution >= 4 is 22.4 Å². The maximum Gasteiger partial charge on any atom is 0.256 e. The van der Waals surface area contributed by atoms with Crippen LogP contribution in [0.3, 0.4) is 0 Å². The largest absolute Gasteiger partial charge is 0.327 e. The van der Waals surface area contributed by atoms with Gasteiger partial charge in [0.05, 0.1) is 21.1 Å². The second-order valence-electron chi connectivity index (χ2n) is 5.90. The molecule has 0 spiro atoms. The third-order valence-electron chi connectivity index (χ3n) is 3.17. The van der Waals surface area contributed by atoms with Crippen molar-refractivity contribution in [2.24, 2.45) is 0 Å². The molecule has 3 nitrogen and oxygen atoms in total. The molecule has 0 amide bonds. The van der Waals surface area contributed by atoms with Crippen molar-refractivity contribution in [2.75, 3.05) is 21.1 Å². The van der Waals surface area contributed by atoms with Crippen LogP contribution in [0.1, 0.15) is 18.2 Å². The van der Waals surface area contributed by atoms with Gasteiger partial charge in [-0.25, -0.2) is 0 Å². The predicted octanol–water partition coefficient (Wildman–Crippen LogP) is 2.95. The standard InChI is InChI=1S/C15H19ClN2O/c1-5-14-13(9-18(2,3)4)11-7-6-10(16)8-12(11)15(19)17-14/h6-8H,5,9H2,1-4H3/p+1. The van der Waals surface area contributed by atoms with E-state index in [0.717, 1.165) is 28.5 Å². The number of pyridine rings is 1. The van der Waals surface area contributed by atoms with E-state index in [-0.39, 0.29) is 5.56 Å². The van der Waals surface area contributed by atoms with Crippen molar-refractivity contribution in [3.63, 3.8) is 0 Å². The molecule has 102 valence electrons. The van der Waals surface area contributed by atoms with E-state index in [1.165, 1.54) is 5.56 Å². The zero-order valence-electron chi connectivity index (χ0n) is 11.9. The van der Waals surface area contributed by atoms with Gasteiger partial charge in [-0.3, -0.25) is 4.79 Å². The number of nitrogens with one attached hydrogen (secondary N) is 1. The van der Waals surface area contributed by atoms with Gasteiger partial charge in [0, 0.05) is 21.7 Å². The molecule has 1 heterocycles. The molecule has 19 heavy (non-hydrogen) atoms. The van der Waals surface area contributed by atoms with Crippen molar-refractivity contribution < 1.29 is 4.48 Å². The first-order chi connectivity index (χ1) is 8.81. The molecule has 0 saturated carbocycles. The lowest BCUT2D eigenvalue weighted by molar-refractivity contribution is -0.883. The summed E-state index contributed by atoms with van der Waals surface area (Å²) in [5.74, 6) is 0. The van der Waals surface area contributed by atoms with Gasteiger partial charge in [0.15, 0.2) is 0 Å². The predicted molar refractivity (Wildman–Crippen MR) is 80.7 cm³/mol. The number of hydrogen-bond acceptors (Lipinski definition) is 1. The zero-order valence-corrected chi connectivity index (χ0v) is 12.6. The number of aryl methyl sites for hydroxylation is 1. The van der Waals surface area contributed by atoms with E-state index in [1.807, 2.05) is 12.1 Å². The highest BCUT2D eigenvalue weighted by Crippen LogP contribution is 2.24. The van der Waals surface area contributed by atoms with Crippen LogP contribution in [0.15, 0.2) is 23.0 Å². The van der Waals surface area contributed by atoms with Crippen molar-refractivity contribution in [3.8, 4) is 0 Å². The third kappa shape index (κ3) is 2.99. The fraction of sp³-hybridized carbons (Fsp3) is 0.400. The quantitative estimate of drug-likeness (QED) is 0.861. The summed E-state index contributed by atoms with van der Waals surface area (Å²) in [6.07, 6.45) is 0.823. The first kappa shape index (κ1) is 14.1. The summed E-state index contributed by atoms with van der Waals surface area (Å²) in [4.78, 5) is 15.1. The minimum absolute atomic E-state index is 0.0560. The zero-order chi connectivity index (χ0) is 14.2. The topological polar surface area (TPSA) is 32.9 Å². The SMILES string of the molecule is CCc1[nH]c(=O)c2cc(Cl)ccc2c1C[N+](C)(C)C. The lowest BCUT2D eigenvalue weighted by Gasteiger charge is -2.26. The molecule has 1 N–H and O–H groups in total. The Balaban J connectivity index is 2.78. The van der Waals surface area contributed by atoms with Crippen LogP contribution in [-0.4, -0.2) is 30.6 Å². The Morgan fingerprint density at radius 1 is 1.21 bits per heavy atom. The van der Waals surface area contributed by atoms with Crippen LogP contribution in [0.5, 0.6) is 0 Å². The van der Waals surface area contributed by atoms with Gasteiger partial charge in [-0.1, -0.05) is 24.6 Å². The minimum atomic E-state index is -0.0560. The van der Waals surface area contributed by atoms with Gasteiger partial charge in [0.25, 0.3) is 5.56 Å². The normalized spacial score (nSPS) is 12.1. The monoisotopic (exact) mass is 279 g/mol. The van der Waals surface area contributed by atoms with Crippen molar-refractivity contribution in [3.05, 3.63) is 44.8 Å². The number of fused-ring (bicyclic) bond motifs is 1. The second-order valence-corrected chi connectivity index (χ2v) is 6.34. The van der Waals surface area contributed by atoms with E-state index < -0.39 is 0 Å². The number of quaternary nitrogens is 1. The van der Waals surface area contributed by atoms with Crippen LogP contribution < -0.4 is 5.56 Å². The smallest absolute Gasteiger partial charge is 0.256 e. The molecule has 1 aromatic carbocycles. The molecule has 2 rings (SSSR count). The molecular formula is C15H20ClN2O+. The van der Waals surface area contributed by atoms with Crippen LogP contribution >= 0.6 is 11.6 Å². The van der Waals surface area contributed by atoms with Crippen LogP contribution in [-0.2, 0) is 13.0 Å². The maximum atomic E-state index is 12.1. The lowest BCUT2D eigenvalue weighted by atomic mass is 10.0. The fourth-order valence-corrected chi connectivity index (χ4v) is 2.54. The van der Waals surface area contributed by atoms with Gasteiger partial charge in [0.2, 0.25) is 0 Å². The van der Waals surface area contributed by atoms with E-state index in [0.29, 0.717) is 10.4 Å². The highest BCUT2D eigenvalue weighted by atomic mass is 35.5. The van der Waals surface area contributed by atoms with Crippen LogP contribution in [0.4, 0.5) is 0 Å². The summed E-state index contributed by atoms with van der Waals surface area (Å²) in [6, 6.07) is 5.55. The number of H-pyrrole nitrogens is 1. The first-order valence-electron chi connectivity index (χ1n) is 6.45. The summed E-state index contributed by atoms with van der Waals surface area (Å²) in [6.45, 7) is 2.93. The Morgan fingerprint density at radius 2 is 1.89 bits per heavy atom. The number of aromatic amines is 1. The summed E-state index contributed by atoms with van der Waals surface area (Å²) < 4.78 is 0.816. The molecule has 1 aromatic heterocycles. The Hall–Kier alpha value is -1.32. The Morgan fingerprint density at radius 3 is 2.47 bits per heavy atom. The Kier molecular flexibility index (Phi) is 3.70. The van der Waals surface area contributed by atoms with Crippen LogP contribution in [0.25, 0.3) is 10.8 Å². The van der Waals surface area contributed by atoms with E-state index in [4.69, 9.17) is 11.6 Å². The summed E-state index contributed by atoms with van der Waals surface area (Å²) >= 11 is 5.99. The van der Waals surface area contributed by atoms with Crippen LogP contribution in [0, 0.1) is 0 Å². The number of hydrogen-bond donors (Lipinski definition) is 1. The average Bonchev–Trinajstić information content (AvgIpc) is 2.31. The average molecular weight is 280 g/mol. The molecule has 0 radical (unpaired) electrons. The molecule has 0 atom stereocenters. The number of rotatable bonds is 3. The second kappa shape index (κ2) is 4.99. The number of benzene rings is 1.